The molecule has 0 bridgehead atoms. The molecule has 0 saturated heterocycles. The van der Waals surface area contributed by atoms with Crippen molar-refractivity contribution in [2.24, 2.45) is 0 Å². The molecule has 1 aromatic carbocycles. The van der Waals surface area contributed by atoms with Crippen molar-refractivity contribution in [3.63, 3.8) is 0 Å². The van der Waals surface area contributed by atoms with Crippen molar-refractivity contribution in [1.29, 1.82) is 0 Å². The van der Waals surface area contributed by atoms with E-state index in [0.29, 0.717) is 0 Å². The van der Waals surface area contributed by atoms with Gasteiger partial charge in [0.25, 0.3) is 0 Å². The van der Waals surface area contributed by atoms with Gasteiger partial charge < -0.3 is 0 Å². The molecule has 0 atom stereocenters. The molecule has 0 fully saturated rings. The third kappa shape index (κ3) is 2.94. The molecule has 12 heavy (non-hydrogen) atoms. The Morgan fingerprint density at radius 1 is 1.17 bits per heavy atom. The minimum Gasteiger partial charge on any atom is -0.207 e. The molecule has 1 rings (SSSR count). The van der Waals surface area contributed by atoms with Crippen LogP contribution in [-0.2, 0) is 0 Å². The van der Waals surface area contributed by atoms with Gasteiger partial charge in [-0.3, -0.25) is 0 Å². The van der Waals surface area contributed by atoms with E-state index in [1.54, 1.807) is 6.92 Å². The Hall–Kier alpha value is -0.370. The van der Waals surface area contributed by atoms with E-state index >= 15 is 0 Å². The molecule has 0 radical (unpaired) electrons. The van der Waals surface area contributed by atoms with E-state index in [2.05, 4.69) is 15.9 Å². The molecule has 0 nitrogen and oxygen atoms in total. The first-order valence-electron chi connectivity index (χ1n) is 4.03. The summed E-state index contributed by atoms with van der Waals surface area (Å²) in [5.74, 6) is -0.146. The van der Waals surface area contributed by atoms with Crippen LogP contribution in [-0.4, -0.2) is 0 Å². The van der Waals surface area contributed by atoms with Crippen LogP contribution in [0.15, 0.2) is 16.6 Å². The van der Waals surface area contributed by atoms with Crippen molar-refractivity contribution in [2.45, 2.75) is 27.7 Å². The van der Waals surface area contributed by atoms with E-state index in [1.165, 1.54) is 6.07 Å². The monoisotopic (exact) mass is 232 g/mol. The zero-order chi connectivity index (χ0) is 9.72. The maximum absolute atomic E-state index is 12.8. The Morgan fingerprint density at radius 3 is 2.08 bits per heavy atom. The fourth-order valence-corrected chi connectivity index (χ4v) is 1.32. The summed E-state index contributed by atoms with van der Waals surface area (Å²) in [6.45, 7) is 7.67. The average molecular weight is 233 g/mol. The second-order valence-electron chi connectivity index (χ2n) is 2.33. The Morgan fingerprint density at radius 2 is 1.67 bits per heavy atom. The lowest BCUT2D eigenvalue weighted by atomic mass is 10.1. The predicted molar refractivity (Wildman–Crippen MR) is 54.9 cm³/mol. The van der Waals surface area contributed by atoms with Crippen molar-refractivity contribution in [3.05, 3.63) is 33.5 Å². The fraction of sp³-hybridized carbons (Fsp3) is 0.400. The summed E-state index contributed by atoms with van der Waals surface area (Å²) in [7, 11) is 0. The van der Waals surface area contributed by atoms with E-state index in [4.69, 9.17) is 0 Å². The smallest absolute Gasteiger partial charge is 0.127 e. The van der Waals surface area contributed by atoms with Gasteiger partial charge in [-0.2, -0.15) is 0 Å². The highest BCUT2D eigenvalue weighted by atomic mass is 79.9. The second-order valence-corrected chi connectivity index (χ2v) is 3.25. The summed E-state index contributed by atoms with van der Waals surface area (Å²) in [6.07, 6.45) is 0. The Bertz CT molecular complexity index is 233. The number of rotatable bonds is 0. The number of halogens is 2. The summed E-state index contributed by atoms with van der Waals surface area (Å²) >= 11 is 3.21. The van der Waals surface area contributed by atoms with Gasteiger partial charge in [0.15, 0.2) is 0 Å². The van der Waals surface area contributed by atoms with Gasteiger partial charge in [-0.05, 0) is 37.1 Å². The van der Waals surface area contributed by atoms with Crippen LogP contribution in [0.5, 0.6) is 0 Å². The Balaban J connectivity index is 0.000000561. The maximum atomic E-state index is 12.8. The summed E-state index contributed by atoms with van der Waals surface area (Å²) in [5.41, 5.74) is 1.70. The standard InChI is InChI=1S/C8H8BrF.C2H6/c1-5-3-7(9)4-8(10)6(5)2;1-2/h3-4H,1-2H3;1-2H3. The second kappa shape index (κ2) is 5.31. The van der Waals surface area contributed by atoms with Crippen LogP contribution in [0, 0.1) is 19.7 Å². The molecule has 0 unspecified atom stereocenters. The molecule has 2 heteroatoms. The summed E-state index contributed by atoms with van der Waals surface area (Å²) in [5, 5.41) is 0. The molecule has 0 aliphatic heterocycles. The predicted octanol–water partition coefficient (Wildman–Crippen LogP) is 4.23. The molecule has 0 aliphatic rings. The van der Waals surface area contributed by atoms with Gasteiger partial charge in [-0.15, -0.1) is 0 Å². The highest BCUT2D eigenvalue weighted by Crippen LogP contribution is 2.18. The van der Waals surface area contributed by atoms with Crippen molar-refractivity contribution in [1.82, 2.24) is 0 Å². The zero-order valence-electron chi connectivity index (χ0n) is 7.91. The van der Waals surface area contributed by atoms with Crippen molar-refractivity contribution in [3.8, 4) is 0 Å². The zero-order valence-corrected chi connectivity index (χ0v) is 9.50. The maximum Gasteiger partial charge on any atom is 0.127 e. The minimum absolute atomic E-state index is 0.146. The van der Waals surface area contributed by atoms with E-state index in [-0.39, 0.29) is 5.82 Å². The van der Waals surface area contributed by atoms with Crippen LogP contribution < -0.4 is 0 Å². The first-order chi connectivity index (χ1) is 5.61. The van der Waals surface area contributed by atoms with Gasteiger partial charge in [-0.25, -0.2) is 4.39 Å². The number of aryl methyl sites for hydroxylation is 1. The summed E-state index contributed by atoms with van der Waals surface area (Å²) in [6, 6.07) is 3.38. The molecule has 1 aromatic rings. The normalized spacial score (nSPS) is 8.83. The number of hydrogen-bond acceptors (Lipinski definition) is 0. The quantitative estimate of drug-likeness (QED) is 0.629. The lowest BCUT2D eigenvalue weighted by molar-refractivity contribution is 0.616. The summed E-state index contributed by atoms with van der Waals surface area (Å²) in [4.78, 5) is 0. The first kappa shape index (κ1) is 11.6. The van der Waals surface area contributed by atoms with Gasteiger partial charge >= 0.3 is 0 Å². The van der Waals surface area contributed by atoms with Crippen LogP contribution in [0.4, 0.5) is 4.39 Å². The molecule has 0 aromatic heterocycles. The molecule has 0 aliphatic carbocycles. The van der Waals surface area contributed by atoms with E-state index in [0.717, 1.165) is 15.6 Å². The van der Waals surface area contributed by atoms with Crippen LogP contribution in [0.25, 0.3) is 0 Å². The third-order valence-electron chi connectivity index (χ3n) is 1.57. The van der Waals surface area contributed by atoms with Gasteiger partial charge in [0.05, 0.1) is 0 Å². The van der Waals surface area contributed by atoms with Crippen molar-refractivity contribution >= 4 is 15.9 Å². The fourth-order valence-electron chi connectivity index (χ4n) is 0.774. The van der Waals surface area contributed by atoms with E-state index in [1.807, 2.05) is 26.8 Å². The topological polar surface area (TPSA) is 0 Å². The van der Waals surface area contributed by atoms with Crippen LogP contribution >= 0.6 is 15.9 Å². The Labute approximate surface area is 81.9 Å². The van der Waals surface area contributed by atoms with E-state index < -0.39 is 0 Å². The van der Waals surface area contributed by atoms with Crippen molar-refractivity contribution < 1.29 is 4.39 Å². The minimum atomic E-state index is -0.146. The van der Waals surface area contributed by atoms with Gasteiger partial charge in [-0.1, -0.05) is 29.8 Å². The molecular formula is C10H14BrF. The van der Waals surface area contributed by atoms with Gasteiger partial charge in [0, 0.05) is 4.47 Å². The molecule has 0 spiro atoms. The van der Waals surface area contributed by atoms with Crippen LogP contribution in [0.2, 0.25) is 0 Å². The highest BCUT2D eigenvalue weighted by Gasteiger charge is 2.00. The van der Waals surface area contributed by atoms with E-state index in [9.17, 15) is 4.39 Å². The first-order valence-corrected chi connectivity index (χ1v) is 4.83. The SMILES string of the molecule is CC.Cc1cc(Br)cc(F)c1C. The molecule has 0 N–H and O–H groups in total. The van der Waals surface area contributed by atoms with Crippen LogP contribution in [0.1, 0.15) is 25.0 Å². The molecule has 68 valence electrons. The molecular weight excluding hydrogens is 219 g/mol. The van der Waals surface area contributed by atoms with Gasteiger partial charge in [0.2, 0.25) is 0 Å². The highest BCUT2D eigenvalue weighted by molar-refractivity contribution is 9.10. The molecule has 0 heterocycles. The number of hydrogen-bond donors (Lipinski definition) is 0. The largest absolute Gasteiger partial charge is 0.207 e. The molecule has 0 saturated carbocycles. The third-order valence-corrected chi connectivity index (χ3v) is 2.03. The lowest BCUT2D eigenvalue weighted by Gasteiger charge is -2.00. The van der Waals surface area contributed by atoms with Crippen molar-refractivity contribution in [2.75, 3.05) is 0 Å². The average Bonchev–Trinajstić information content (AvgIpc) is 2.04. The lowest BCUT2D eigenvalue weighted by Crippen LogP contribution is -1.86. The van der Waals surface area contributed by atoms with Gasteiger partial charge in [0.1, 0.15) is 5.82 Å². The molecule has 0 amide bonds. The summed E-state index contributed by atoms with van der Waals surface area (Å²) < 4.78 is 13.6. The van der Waals surface area contributed by atoms with Crippen LogP contribution in [0.3, 0.4) is 0 Å². The Kier molecular flexibility index (Phi) is 5.14. The number of benzene rings is 1.